The molecule has 0 amide bonds. The van der Waals surface area contributed by atoms with Gasteiger partial charge in [0.2, 0.25) is 0 Å². The number of hydrogen-bond acceptors (Lipinski definition) is 4. The summed E-state index contributed by atoms with van der Waals surface area (Å²) in [6, 6.07) is 9.61. The molecule has 0 spiro atoms. The first kappa shape index (κ1) is 14.6. The zero-order valence-corrected chi connectivity index (χ0v) is 13.8. The SMILES string of the molecule is Cc1cc2nn(Cc3nc4ccccc4[nH]3)c(=O)n2c(C(C)C)n1. The van der Waals surface area contributed by atoms with Crippen LogP contribution in [-0.2, 0) is 6.54 Å². The highest BCUT2D eigenvalue weighted by atomic mass is 16.2. The number of hydrogen-bond donors (Lipinski definition) is 1. The normalized spacial score (nSPS) is 11.8. The standard InChI is InChI=1S/C17H18N6O/c1-10(2)16-18-11(3)8-15-21-22(17(24)23(15)16)9-14-19-12-6-4-5-7-13(12)20-14/h4-8,10H,9H2,1-3H3,(H,19,20). The molecule has 7 heteroatoms. The number of H-pyrrole nitrogens is 1. The number of aryl methyl sites for hydroxylation is 1. The summed E-state index contributed by atoms with van der Waals surface area (Å²) < 4.78 is 3.01. The van der Waals surface area contributed by atoms with Gasteiger partial charge in [-0.3, -0.25) is 0 Å². The van der Waals surface area contributed by atoms with Gasteiger partial charge in [0.1, 0.15) is 18.2 Å². The second-order valence-electron chi connectivity index (χ2n) is 6.24. The number of para-hydroxylation sites is 2. The Morgan fingerprint density at radius 1 is 1.21 bits per heavy atom. The highest BCUT2D eigenvalue weighted by Gasteiger charge is 2.16. The molecule has 0 bridgehead atoms. The summed E-state index contributed by atoms with van der Waals surface area (Å²) in [5.74, 6) is 1.57. The van der Waals surface area contributed by atoms with Crippen LogP contribution in [0.5, 0.6) is 0 Å². The van der Waals surface area contributed by atoms with Crippen molar-refractivity contribution in [3.05, 3.63) is 58.2 Å². The molecular weight excluding hydrogens is 304 g/mol. The molecule has 0 atom stereocenters. The van der Waals surface area contributed by atoms with Crippen LogP contribution in [0.4, 0.5) is 0 Å². The van der Waals surface area contributed by atoms with Gasteiger partial charge in [0.25, 0.3) is 0 Å². The zero-order valence-electron chi connectivity index (χ0n) is 13.8. The van der Waals surface area contributed by atoms with Crippen LogP contribution in [-0.4, -0.2) is 29.1 Å². The summed E-state index contributed by atoms with van der Waals surface area (Å²) in [7, 11) is 0. The van der Waals surface area contributed by atoms with Crippen molar-refractivity contribution in [1.29, 1.82) is 0 Å². The van der Waals surface area contributed by atoms with E-state index >= 15 is 0 Å². The van der Waals surface area contributed by atoms with Crippen LogP contribution in [0.2, 0.25) is 0 Å². The Labute approximate surface area is 138 Å². The Kier molecular flexibility index (Phi) is 3.23. The third-order valence-corrected chi connectivity index (χ3v) is 3.98. The summed E-state index contributed by atoms with van der Waals surface area (Å²) in [5.41, 5.74) is 3.11. The quantitative estimate of drug-likeness (QED) is 0.627. The molecular formula is C17H18N6O. The van der Waals surface area contributed by atoms with E-state index in [1.165, 1.54) is 4.68 Å². The molecule has 0 radical (unpaired) electrons. The number of fused-ring (bicyclic) bond motifs is 2. The van der Waals surface area contributed by atoms with Crippen molar-refractivity contribution >= 4 is 16.7 Å². The van der Waals surface area contributed by atoms with Gasteiger partial charge in [-0.1, -0.05) is 26.0 Å². The summed E-state index contributed by atoms with van der Waals surface area (Å²) in [6.07, 6.45) is 0. The second-order valence-corrected chi connectivity index (χ2v) is 6.24. The van der Waals surface area contributed by atoms with Crippen molar-refractivity contribution in [1.82, 2.24) is 29.1 Å². The van der Waals surface area contributed by atoms with E-state index in [1.54, 1.807) is 4.40 Å². The molecule has 1 N–H and O–H groups in total. The highest BCUT2D eigenvalue weighted by Crippen LogP contribution is 2.14. The van der Waals surface area contributed by atoms with E-state index in [1.807, 2.05) is 51.1 Å². The van der Waals surface area contributed by atoms with Crippen molar-refractivity contribution < 1.29 is 0 Å². The van der Waals surface area contributed by atoms with Gasteiger partial charge in [-0.05, 0) is 19.1 Å². The summed E-state index contributed by atoms with van der Waals surface area (Å²) >= 11 is 0. The molecule has 122 valence electrons. The van der Waals surface area contributed by atoms with Gasteiger partial charge in [0, 0.05) is 17.7 Å². The third-order valence-electron chi connectivity index (χ3n) is 3.98. The van der Waals surface area contributed by atoms with Crippen molar-refractivity contribution in [2.75, 3.05) is 0 Å². The molecule has 0 saturated carbocycles. The maximum atomic E-state index is 12.8. The van der Waals surface area contributed by atoms with Gasteiger partial charge in [-0.15, -0.1) is 5.10 Å². The van der Waals surface area contributed by atoms with Crippen molar-refractivity contribution in [2.45, 2.75) is 33.2 Å². The Hall–Kier alpha value is -2.96. The predicted molar refractivity (Wildman–Crippen MR) is 91.3 cm³/mol. The fourth-order valence-corrected chi connectivity index (χ4v) is 2.90. The van der Waals surface area contributed by atoms with E-state index in [4.69, 9.17) is 0 Å². The minimum Gasteiger partial charge on any atom is -0.340 e. The smallest absolute Gasteiger partial charge is 0.340 e. The van der Waals surface area contributed by atoms with Gasteiger partial charge in [-0.2, -0.15) is 0 Å². The lowest BCUT2D eigenvalue weighted by atomic mass is 10.2. The van der Waals surface area contributed by atoms with E-state index in [0.717, 1.165) is 22.6 Å². The lowest BCUT2D eigenvalue weighted by molar-refractivity contribution is 0.630. The van der Waals surface area contributed by atoms with E-state index in [2.05, 4.69) is 20.1 Å². The molecule has 1 aromatic carbocycles. The second kappa shape index (κ2) is 5.30. The molecule has 0 saturated heterocycles. The van der Waals surface area contributed by atoms with Crippen LogP contribution in [0.25, 0.3) is 16.7 Å². The molecule has 4 aromatic rings. The van der Waals surface area contributed by atoms with Crippen LogP contribution < -0.4 is 5.69 Å². The molecule has 3 heterocycles. The average molecular weight is 322 g/mol. The first-order valence-electron chi connectivity index (χ1n) is 7.93. The fraction of sp³-hybridized carbons (Fsp3) is 0.294. The Balaban J connectivity index is 1.84. The number of aromatic nitrogens is 6. The zero-order chi connectivity index (χ0) is 16.8. The van der Waals surface area contributed by atoms with E-state index in [9.17, 15) is 4.79 Å². The monoisotopic (exact) mass is 322 g/mol. The first-order valence-corrected chi connectivity index (χ1v) is 7.93. The van der Waals surface area contributed by atoms with Gasteiger partial charge < -0.3 is 4.98 Å². The van der Waals surface area contributed by atoms with E-state index < -0.39 is 0 Å². The molecule has 0 aliphatic carbocycles. The van der Waals surface area contributed by atoms with Crippen molar-refractivity contribution in [3.8, 4) is 0 Å². The van der Waals surface area contributed by atoms with Gasteiger partial charge in [0.05, 0.1) is 11.0 Å². The fourth-order valence-electron chi connectivity index (χ4n) is 2.90. The molecule has 3 aromatic heterocycles. The summed E-state index contributed by atoms with van der Waals surface area (Å²) in [5, 5.41) is 4.45. The molecule has 0 aliphatic rings. The van der Waals surface area contributed by atoms with Crippen LogP contribution in [0.3, 0.4) is 0 Å². The maximum absolute atomic E-state index is 12.8. The number of rotatable bonds is 3. The van der Waals surface area contributed by atoms with E-state index in [-0.39, 0.29) is 11.6 Å². The van der Waals surface area contributed by atoms with Gasteiger partial charge >= 0.3 is 5.69 Å². The molecule has 7 nitrogen and oxygen atoms in total. The van der Waals surface area contributed by atoms with Crippen molar-refractivity contribution in [3.63, 3.8) is 0 Å². The van der Waals surface area contributed by atoms with Gasteiger partial charge in [0.15, 0.2) is 5.65 Å². The van der Waals surface area contributed by atoms with E-state index in [0.29, 0.717) is 18.0 Å². The first-order chi connectivity index (χ1) is 11.5. The Morgan fingerprint density at radius 2 is 2.00 bits per heavy atom. The summed E-state index contributed by atoms with van der Waals surface area (Å²) in [4.78, 5) is 25.0. The van der Waals surface area contributed by atoms with Crippen LogP contribution >= 0.6 is 0 Å². The topological polar surface area (TPSA) is 80.9 Å². The number of aromatic amines is 1. The lowest BCUT2D eigenvalue weighted by Gasteiger charge is -2.07. The molecule has 24 heavy (non-hydrogen) atoms. The largest absolute Gasteiger partial charge is 0.352 e. The Morgan fingerprint density at radius 3 is 2.75 bits per heavy atom. The Bertz CT molecular complexity index is 1070. The van der Waals surface area contributed by atoms with Crippen LogP contribution in [0.1, 0.15) is 37.1 Å². The van der Waals surface area contributed by atoms with Crippen LogP contribution in [0.15, 0.2) is 35.1 Å². The number of nitrogens with zero attached hydrogens (tertiary/aromatic N) is 5. The summed E-state index contributed by atoms with van der Waals surface area (Å²) in [6.45, 7) is 6.24. The minimum atomic E-state index is -0.193. The molecule has 0 unspecified atom stereocenters. The molecule has 0 fully saturated rings. The minimum absolute atomic E-state index is 0.133. The number of benzene rings is 1. The highest BCUT2D eigenvalue weighted by molar-refractivity contribution is 5.74. The third kappa shape index (κ3) is 2.29. The van der Waals surface area contributed by atoms with Crippen LogP contribution in [0, 0.1) is 6.92 Å². The van der Waals surface area contributed by atoms with Crippen molar-refractivity contribution in [2.24, 2.45) is 0 Å². The number of imidazole rings is 1. The molecule has 0 aliphatic heterocycles. The average Bonchev–Trinajstić information content (AvgIpc) is 3.07. The maximum Gasteiger partial charge on any atom is 0.352 e. The number of nitrogens with one attached hydrogen (secondary N) is 1. The predicted octanol–water partition coefficient (Wildman–Crippen LogP) is 2.25. The molecule has 4 rings (SSSR count). The van der Waals surface area contributed by atoms with Gasteiger partial charge in [-0.25, -0.2) is 23.8 Å². The lowest BCUT2D eigenvalue weighted by Crippen LogP contribution is -2.24.